The van der Waals surface area contributed by atoms with Crippen molar-refractivity contribution in [3.8, 4) is 0 Å². The molecule has 0 heterocycles. The molecule has 0 fully saturated rings. The van der Waals surface area contributed by atoms with Gasteiger partial charge in [0.2, 0.25) is 0 Å². The highest BCUT2D eigenvalue weighted by Gasteiger charge is 2.16. The fraction of sp³-hybridized carbons (Fsp3) is 0.0833. The lowest BCUT2D eigenvalue weighted by Gasteiger charge is -2.20. The molecule has 240 valence electrons. The van der Waals surface area contributed by atoms with Crippen LogP contribution >= 0.6 is 7.92 Å². The standard InChI is InChI=1S/C46H37P.C2H6/c1-3-10-36(11-4-1)18-20-38-23-30-43(31-24-38)47(44-32-25-39(26-33-44)21-19-37-12-5-2-6-13-37)45-34-27-40(28-35-45)22-29-42-16-9-15-41-14-7-8-17-46(41)42;1-2/h1,3-5,7-35H,2,6H2;1-2H3/b20-18+,21-19+,29-22+;. The lowest BCUT2D eigenvalue weighted by Crippen LogP contribution is -2.20. The summed E-state index contributed by atoms with van der Waals surface area (Å²) in [5.41, 5.74) is 7.36. The molecule has 0 aliphatic heterocycles. The first-order valence-corrected chi connectivity index (χ1v) is 18.7. The Bertz CT molecular complexity index is 2080. The third kappa shape index (κ3) is 8.99. The largest absolute Gasteiger partial charge is 0.0836 e. The lowest BCUT2D eigenvalue weighted by atomic mass is 10.0. The second-order valence-corrected chi connectivity index (χ2v) is 14.0. The summed E-state index contributed by atoms with van der Waals surface area (Å²) < 4.78 is 0. The average Bonchev–Trinajstić information content (AvgIpc) is 3.18. The van der Waals surface area contributed by atoms with Gasteiger partial charge in [0.05, 0.1) is 0 Å². The minimum atomic E-state index is -0.729. The van der Waals surface area contributed by atoms with Crippen molar-refractivity contribution in [3.05, 3.63) is 203 Å². The van der Waals surface area contributed by atoms with E-state index in [-0.39, 0.29) is 0 Å². The molecular weight excluding hydrogens is 608 g/mol. The molecule has 0 radical (unpaired) electrons. The highest BCUT2D eigenvalue weighted by molar-refractivity contribution is 7.79. The molecule has 49 heavy (non-hydrogen) atoms. The van der Waals surface area contributed by atoms with Gasteiger partial charge in [-0.05, 0) is 80.8 Å². The Labute approximate surface area is 294 Å². The molecule has 0 bridgehead atoms. The topological polar surface area (TPSA) is 0 Å². The third-order valence-corrected chi connectivity index (χ3v) is 10.9. The predicted molar refractivity (Wildman–Crippen MR) is 220 cm³/mol. The Hall–Kier alpha value is -5.29. The first kappa shape index (κ1) is 33.6. The summed E-state index contributed by atoms with van der Waals surface area (Å²) in [4.78, 5) is 0. The van der Waals surface area contributed by atoms with Crippen LogP contribution in [0.3, 0.4) is 0 Å². The van der Waals surface area contributed by atoms with E-state index in [9.17, 15) is 0 Å². The van der Waals surface area contributed by atoms with Gasteiger partial charge in [-0.15, -0.1) is 0 Å². The molecule has 1 aliphatic rings. The molecule has 0 spiro atoms. The molecule has 7 rings (SSSR count). The van der Waals surface area contributed by atoms with E-state index in [1.807, 2.05) is 13.8 Å². The fourth-order valence-electron chi connectivity index (χ4n) is 5.94. The maximum Gasteiger partial charge on any atom is -0.0111 e. The third-order valence-electron chi connectivity index (χ3n) is 8.49. The van der Waals surface area contributed by atoms with Gasteiger partial charge in [-0.25, -0.2) is 0 Å². The molecule has 0 saturated carbocycles. The molecule has 0 nitrogen and oxygen atoms in total. The van der Waals surface area contributed by atoms with Gasteiger partial charge in [0.25, 0.3) is 0 Å². The van der Waals surface area contributed by atoms with Crippen LogP contribution in [0.15, 0.2) is 175 Å². The quantitative estimate of drug-likeness (QED) is 0.108. The van der Waals surface area contributed by atoms with Crippen molar-refractivity contribution in [1.82, 2.24) is 0 Å². The SMILES string of the molecule is C1=CC(/C=C/c2ccc(P(c3ccc(/C=C/c4ccccc4)cc3)c3ccc(/C=C/c4cccc5ccccc45)cc3)cc2)=CCC1.CC. The predicted octanol–water partition coefficient (Wildman–Crippen LogP) is 12.3. The smallest absolute Gasteiger partial charge is 0.0111 e. The fourth-order valence-corrected chi connectivity index (χ4v) is 8.17. The van der Waals surface area contributed by atoms with E-state index in [4.69, 9.17) is 0 Å². The van der Waals surface area contributed by atoms with Crippen LogP contribution in [-0.4, -0.2) is 0 Å². The summed E-state index contributed by atoms with van der Waals surface area (Å²) in [5, 5.41) is 6.58. The van der Waals surface area contributed by atoms with E-state index in [0.717, 1.165) is 12.8 Å². The van der Waals surface area contributed by atoms with Crippen molar-refractivity contribution in [2.24, 2.45) is 0 Å². The number of benzene rings is 6. The molecule has 6 aromatic carbocycles. The van der Waals surface area contributed by atoms with Gasteiger partial charge in [0, 0.05) is 0 Å². The second kappa shape index (κ2) is 17.2. The van der Waals surface area contributed by atoms with Gasteiger partial charge in [-0.1, -0.05) is 214 Å². The first-order valence-electron chi connectivity index (χ1n) is 17.3. The van der Waals surface area contributed by atoms with Crippen LogP contribution < -0.4 is 15.9 Å². The van der Waals surface area contributed by atoms with E-state index in [2.05, 4.69) is 200 Å². The van der Waals surface area contributed by atoms with E-state index < -0.39 is 7.92 Å². The highest BCUT2D eigenvalue weighted by atomic mass is 31.1. The molecule has 0 N–H and O–H groups in total. The molecule has 1 aliphatic carbocycles. The Morgan fingerprint density at radius 2 is 0.918 bits per heavy atom. The second-order valence-electron chi connectivity index (χ2n) is 11.8. The van der Waals surface area contributed by atoms with Gasteiger partial charge >= 0.3 is 0 Å². The van der Waals surface area contributed by atoms with Crippen LogP contribution in [0.1, 0.15) is 54.5 Å². The zero-order chi connectivity index (χ0) is 33.7. The summed E-state index contributed by atoms with van der Waals surface area (Å²) >= 11 is 0. The van der Waals surface area contributed by atoms with E-state index in [0.29, 0.717) is 0 Å². The molecule has 1 atom stereocenters. The Morgan fingerprint density at radius 3 is 1.49 bits per heavy atom. The Morgan fingerprint density at radius 1 is 0.429 bits per heavy atom. The highest BCUT2D eigenvalue weighted by Crippen LogP contribution is 2.33. The van der Waals surface area contributed by atoms with Crippen molar-refractivity contribution in [2.45, 2.75) is 26.7 Å². The summed E-state index contributed by atoms with van der Waals surface area (Å²) in [6.45, 7) is 4.00. The first-order chi connectivity index (χ1) is 24.3. The summed E-state index contributed by atoms with van der Waals surface area (Å²) in [7, 11) is -0.729. The summed E-state index contributed by atoms with van der Waals surface area (Å²) in [5.74, 6) is 0. The monoisotopic (exact) mass is 650 g/mol. The maximum atomic E-state index is 2.31. The van der Waals surface area contributed by atoms with Crippen LogP contribution in [-0.2, 0) is 0 Å². The van der Waals surface area contributed by atoms with Crippen LogP contribution in [0.4, 0.5) is 0 Å². The zero-order valence-electron chi connectivity index (χ0n) is 28.4. The van der Waals surface area contributed by atoms with Gasteiger partial charge in [-0.3, -0.25) is 0 Å². The average molecular weight is 651 g/mol. The van der Waals surface area contributed by atoms with Gasteiger partial charge in [-0.2, -0.15) is 0 Å². The lowest BCUT2D eigenvalue weighted by molar-refractivity contribution is 1.03. The maximum absolute atomic E-state index is 2.31. The zero-order valence-corrected chi connectivity index (χ0v) is 29.3. The van der Waals surface area contributed by atoms with E-state index in [1.165, 1.54) is 60.1 Å². The van der Waals surface area contributed by atoms with Crippen molar-refractivity contribution in [2.75, 3.05) is 0 Å². The van der Waals surface area contributed by atoms with E-state index >= 15 is 0 Å². The molecule has 0 aromatic heterocycles. The molecule has 6 aromatic rings. The van der Waals surface area contributed by atoms with Crippen molar-refractivity contribution >= 4 is 65.0 Å². The molecule has 1 unspecified atom stereocenters. The van der Waals surface area contributed by atoms with Crippen LogP contribution in [0.25, 0.3) is 41.2 Å². The van der Waals surface area contributed by atoms with Crippen molar-refractivity contribution < 1.29 is 0 Å². The molecule has 1 heteroatoms. The van der Waals surface area contributed by atoms with Gasteiger partial charge in [0.1, 0.15) is 0 Å². The van der Waals surface area contributed by atoms with Gasteiger partial charge < -0.3 is 0 Å². The van der Waals surface area contributed by atoms with Gasteiger partial charge in [0.15, 0.2) is 0 Å². The van der Waals surface area contributed by atoms with Crippen LogP contribution in [0.2, 0.25) is 0 Å². The number of hydrogen-bond acceptors (Lipinski definition) is 0. The summed E-state index contributed by atoms with van der Waals surface area (Å²) in [6, 6.07) is 52.9. The van der Waals surface area contributed by atoms with Crippen molar-refractivity contribution in [3.63, 3.8) is 0 Å². The normalized spacial score (nSPS) is 13.5. The number of allylic oxidation sites excluding steroid dienone is 5. The molecule has 0 amide bonds. The minimum absolute atomic E-state index is 0.729. The molecule has 0 saturated heterocycles. The molecular formula is C48H43P. The summed E-state index contributed by atoms with van der Waals surface area (Å²) in [6.07, 6.45) is 22.3. The van der Waals surface area contributed by atoms with Crippen LogP contribution in [0.5, 0.6) is 0 Å². The number of fused-ring (bicyclic) bond motifs is 1. The van der Waals surface area contributed by atoms with Crippen molar-refractivity contribution in [1.29, 1.82) is 0 Å². The van der Waals surface area contributed by atoms with Crippen LogP contribution in [0, 0.1) is 0 Å². The number of hydrogen-bond donors (Lipinski definition) is 0. The van der Waals surface area contributed by atoms with E-state index in [1.54, 1.807) is 0 Å². The Balaban J connectivity index is 0.00000205. The number of rotatable bonds is 9. The minimum Gasteiger partial charge on any atom is -0.0836 e. The Kier molecular flexibility index (Phi) is 11.8.